The minimum absolute atomic E-state index is 0.524. The molecule has 0 aliphatic carbocycles. The number of anilines is 2. The quantitative estimate of drug-likeness (QED) is 0.808. The van der Waals surface area contributed by atoms with Gasteiger partial charge in [0.15, 0.2) is 0 Å². The fourth-order valence-corrected chi connectivity index (χ4v) is 1.56. The Morgan fingerprint density at radius 3 is 2.60 bits per heavy atom. The number of nitrogens with one attached hydrogen (secondary N) is 1. The summed E-state index contributed by atoms with van der Waals surface area (Å²) in [6, 6.07) is 16.1. The molecule has 75 valence electrons. The molecule has 2 aromatic rings. The van der Waals surface area contributed by atoms with Crippen LogP contribution in [-0.4, -0.2) is 0 Å². The first-order valence-corrected chi connectivity index (χ1v) is 5.21. The van der Waals surface area contributed by atoms with Crippen molar-refractivity contribution in [3.8, 4) is 0 Å². The van der Waals surface area contributed by atoms with Gasteiger partial charge >= 0.3 is 0 Å². The highest BCUT2D eigenvalue weighted by Crippen LogP contribution is 2.31. The molecule has 0 saturated heterocycles. The summed E-state index contributed by atoms with van der Waals surface area (Å²) in [6.45, 7) is 0. The van der Waals surface area contributed by atoms with E-state index >= 15 is 0 Å². The zero-order chi connectivity index (χ0) is 10.7. The van der Waals surface area contributed by atoms with Crippen molar-refractivity contribution in [1.29, 1.82) is 0 Å². The van der Waals surface area contributed by atoms with Crippen LogP contribution in [0.2, 0.25) is 10.0 Å². The number of hydrogen-bond donors (Lipinski definition) is 1. The van der Waals surface area contributed by atoms with Gasteiger partial charge in [0.1, 0.15) is 0 Å². The Bertz CT molecular complexity index is 454. The van der Waals surface area contributed by atoms with Crippen LogP contribution in [0, 0.1) is 6.07 Å². The molecule has 0 aliphatic rings. The van der Waals surface area contributed by atoms with Crippen molar-refractivity contribution in [2.24, 2.45) is 0 Å². The predicted molar refractivity (Wildman–Crippen MR) is 65.0 cm³/mol. The van der Waals surface area contributed by atoms with Crippen LogP contribution >= 0.6 is 23.2 Å². The summed E-state index contributed by atoms with van der Waals surface area (Å²) in [5.41, 5.74) is 1.65. The second-order valence-electron chi connectivity index (χ2n) is 3.00. The fourth-order valence-electron chi connectivity index (χ4n) is 1.22. The molecule has 2 aromatic carbocycles. The summed E-state index contributed by atoms with van der Waals surface area (Å²) < 4.78 is 0. The Hall–Kier alpha value is -1.18. The predicted octanol–water partition coefficient (Wildman–Crippen LogP) is 4.54. The van der Waals surface area contributed by atoms with Crippen molar-refractivity contribution < 1.29 is 0 Å². The topological polar surface area (TPSA) is 12.0 Å². The Morgan fingerprint density at radius 2 is 1.87 bits per heavy atom. The van der Waals surface area contributed by atoms with Crippen molar-refractivity contribution in [2.75, 3.05) is 5.32 Å². The lowest BCUT2D eigenvalue weighted by Crippen LogP contribution is -1.90. The molecule has 15 heavy (non-hydrogen) atoms. The van der Waals surface area contributed by atoms with E-state index in [0.717, 1.165) is 11.4 Å². The van der Waals surface area contributed by atoms with Crippen molar-refractivity contribution in [3.63, 3.8) is 0 Å². The van der Waals surface area contributed by atoms with E-state index in [9.17, 15) is 0 Å². The highest BCUT2D eigenvalue weighted by atomic mass is 35.5. The molecule has 2 rings (SSSR count). The molecule has 0 bridgehead atoms. The average molecular weight is 237 g/mol. The number of hydrogen-bond acceptors (Lipinski definition) is 1. The van der Waals surface area contributed by atoms with E-state index in [2.05, 4.69) is 11.4 Å². The Labute approximate surface area is 98.6 Å². The van der Waals surface area contributed by atoms with Crippen molar-refractivity contribution in [1.82, 2.24) is 0 Å². The van der Waals surface area contributed by atoms with Gasteiger partial charge in [-0.1, -0.05) is 47.5 Å². The molecule has 0 aromatic heterocycles. The van der Waals surface area contributed by atoms with E-state index < -0.39 is 0 Å². The average Bonchev–Trinajstić information content (AvgIpc) is 2.26. The van der Waals surface area contributed by atoms with Crippen LogP contribution in [0.5, 0.6) is 0 Å². The molecule has 0 unspecified atom stereocenters. The summed E-state index contributed by atoms with van der Waals surface area (Å²) in [4.78, 5) is 0. The third-order valence-corrected chi connectivity index (χ3v) is 2.75. The molecule has 0 fully saturated rings. The lowest BCUT2D eigenvalue weighted by molar-refractivity contribution is 1.54. The number of benzene rings is 2. The minimum atomic E-state index is 0.524. The largest absolute Gasteiger partial charge is 0.354 e. The van der Waals surface area contributed by atoms with E-state index in [1.165, 1.54) is 0 Å². The van der Waals surface area contributed by atoms with Crippen molar-refractivity contribution >= 4 is 34.6 Å². The van der Waals surface area contributed by atoms with Gasteiger partial charge in [-0.3, -0.25) is 0 Å². The lowest BCUT2D eigenvalue weighted by atomic mass is 10.2. The van der Waals surface area contributed by atoms with Crippen LogP contribution in [0.15, 0.2) is 42.5 Å². The zero-order valence-electron chi connectivity index (χ0n) is 7.80. The third kappa shape index (κ3) is 2.44. The van der Waals surface area contributed by atoms with E-state index in [4.69, 9.17) is 23.2 Å². The highest BCUT2D eigenvalue weighted by molar-refractivity contribution is 6.43. The molecule has 1 N–H and O–H groups in total. The molecule has 0 aliphatic heterocycles. The van der Waals surface area contributed by atoms with Gasteiger partial charge in [0, 0.05) is 11.8 Å². The van der Waals surface area contributed by atoms with Crippen LogP contribution in [0.3, 0.4) is 0 Å². The van der Waals surface area contributed by atoms with Gasteiger partial charge in [0.25, 0.3) is 0 Å². The maximum atomic E-state index is 6.03. The molecule has 1 nitrogen and oxygen atoms in total. The molecule has 0 atom stereocenters. The third-order valence-electron chi connectivity index (χ3n) is 1.93. The zero-order valence-corrected chi connectivity index (χ0v) is 9.31. The second kappa shape index (κ2) is 4.56. The molecule has 0 spiro atoms. The molecule has 0 heterocycles. The Balaban J connectivity index is 2.29. The maximum absolute atomic E-state index is 6.03. The first-order valence-electron chi connectivity index (χ1n) is 4.45. The summed E-state index contributed by atoms with van der Waals surface area (Å²) in [5.74, 6) is 0. The number of halogens is 2. The molecular formula is C12H8Cl2N. The van der Waals surface area contributed by atoms with Crippen molar-refractivity contribution in [2.45, 2.75) is 0 Å². The van der Waals surface area contributed by atoms with Gasteiger partial charge in [0.05, 0.1) is 15.7 Å². The van der Waals surface area contributed by atoms with Crippen molar-refractivity contribution in [3.05, 3.63) is 58.6 Å². The molecule has 0 saturated carbocycles. The fraction of sp³-hybridized carbons (Fsp3) is 0. The van der Waals surface area contributed by atoms with Crippen LogP contribution in [0.25, 0.3) is 0 Å². The van der Waals surface area contributed by atoms with E-state index in [-0.39, 0.29) is 0 Å². The van der Waals surface area contributed by atoms with Gasteiger partial charge in [-0.05, 0) is 18.2 Å². The summed E-state index contributed by atoms with van der Waals surface area (Å²) in [6.07, 6.45) is 0. The smallest absolute Gasteiger partial charge is 0.0827 e. The SMILES string of the molecule is Clc1cccc(Nc2[c]cccc2)c1Cl. The second-order valence-corrected chi connectivity index (χ2v) is 3.79. The maximum Gasteiger partial charge on any atom is 0.0827 e. The minimum Gasteiger partial charge on any atom is -0.354 e. The monoisotopic (exact) mass is 236 g/mol. The van der Waals surface area contributed by atoms with Crippen LogP contribution in [0.4, 0.5) is 11.4 Å². The Kier molecular flexibility index (Phi) is 3.14. The summed E-state index contributed by atoms with van der Waals surface area (Å²) >= 11 is 11.9. The first-order chi connectivity index (χ1) is 7.27. The standard InChI is InChI=1S/C12H8Cl2N/c13-10-7-4-8-11(12(10)14)15-9-5-2-1-3-6-9/h1-5,7-8,15H. The van der Waals surface area contributed by atoms with Crippen LogP contribution in [0.1, 0.15) is 0 Å². The number of rotatable bonds is 2. The molecule has 1 radical (unpaired) electrons. The normalized spacial score (nSPS) is 10.0. The van der Waals surface area contributed by atoms with Gasteiger partial charge < -0.3 is 5.32 Å². The van der Waals surface area contributed by atoms with Crippen LogP contribution < -0.4 is 5.32 Å². The summed E-state index contributed by atoms with van der Waals surface area (Å²) in [5, 5.41) is 4.20. The number of para-hydroxylation sites is 1. The highest BCUT2D eigenvalue weighted by Gasteiger charge is 2.03. The first kappa shape index (κ1) is 10.3. The van der Waals surface area contributed by atoms with E-state index in [0.29, 0.717) is 10.0 Å². The Morgan fingerprint density at radius 1 is 1.00 bits per heavy atom. The van der Waals surface area contributed by atoms with Gasteiger partial charge in [-0.25, -0.2) is 0 Å². The molecule has 0 amide bonds. The van der Waals surface area contributed by atoms with E-state index in [1.54, 1.807) is 6.07 Å². The van der Waals surface area contributed by atoms with Gasteiger partial charge in [-0.15, -0.1) is 0 Å². The summed E-state index contributed by atoms with van der Waals surface area (Å²) in [7, 11) is 0. The lowest BCUT2D eigenvalue weighted by Gasteiger charge is -2.08. The molecular weight excluding hydrogens is 229 g/mol. The van der Waals surface area contributed by atoms with E-state index in [1.807, 2.05) is 36.4 Å². The van der Waals surface area contributed by atoms with Crippen LogP contribution in [-0.2, 0) is 0 Å². The van der Waals surface area contributed by atoms with Gasteiger partial charge in [0.2, 0.25) is 0 Å². The molecule has 3 heteroatoms. The van der Waals surface area contributed by atoms with Gasteiger partial charge in [-0.2, -0.15) is 0 Å².